The monoisotopic (exact) mass is 398 g/mol. The number of carbonyl (C=O) groups excluding carboxylic acids is 2. The van der Waals surface area contributed by atoms with E-state index in [0.29, 0.717) is 24.5 Å². The Balaban J connectivity index is 1.31. The molecule has 1 aromatic carbocycles. The number of likely N-dealkylation sites (tertiary alicyclic amines) is 1. The number of nitrogens with zero attached hydrogens (tertiary/aromatic N) is 3. The van der Waals surface area contributed by atoms with E-state index < -0.39 is 0 Å². The number of aromatic nitrogens is 2. The van der Waals surface area contributed by atoms with Gasteiger partial charge in [0.2, 0.25) is 5.91 Å². The Morgan fingerprint density at radius 3 is 2.96 bits per heavy atom. The van der Waals surface area contributed by atoms with E-state index >= 15 is 0 Å². The van der Waals surface area contributed by atoms with Gasteiger partial charge in [-0.1, -0.05) is 28.5 Å². The Labute approximate surface area is 166 Å². The highest BCUT2D eigenvalue weighted by Crippen LogP contribution is 2.25. The minimum Gasteiger partial charge on any atom is -0.351 e. The summed E-state index contributed by atoms with van der Waals surface area (Å²) in [4.78, 5) is 27.6. The molecule has 1 saturated heterocycles. The molecule has 0 bridgehead atoms. The van der Waals surface area contributed by atoms with Crippen molar-refractivity contribution in [2.45, 2.75) is 26.2 Å². The van der Waals surface area contributed by atoms with Gasteiger partial charge in [0.05, 0.1) is 11.3 Å². The molecule has 1 fully saturated rings. The first-order valence-electron chi connectivity index (χ1n) is 9.43. The third-order valence-corrected chi connectivity index (χ3v) is 6.25. The number of thiophene rings is 1. The van der Waals surface area contributed by atoms with E-state index in [4.69, 9.17) is 0 Å². The summed E-state index contributed by atoms with van der Waals surface area (Å²) in [6.07, 6.45) is 2.14. The first-order chi connectivity index (χ1) is 13.6. The van der Waals surface area contributed by atoms with Crippen LogP contribution < -0.4 is 5.32 Å². The number of fused-ring (bicyclic) bond motifs is 1. The van der Waals surface area contributed by atoms with Gasteiger partial charge in [0.15, 0.2) is 0 Å². The van der Waals surface area contributed by atoms with Gasteiger partial charge in [0.1, 0.15) is 11.4 Å². The lowest BCUT2D eigenvalue weighted by atomic mass is 9.97. The molecule has 2 amide bonds. The van der Waals surface area contributed by atoms with Crippen molar-refractivity contribution in [3.05, 3.63) is 46.6 Å². The standard InChI is InChI=1S/C20H22N4O3S/c1-13-16(23-27-22-13)10-19(25)24-8-4-5-14(12-24)11-21-20(26)18-9-15-6-2-3-7-17(15)28-18/h2-3,6-7,9,14H,4-5,8,10-12H2,1H3,(H,21,26). The number of carbonyl (C=O) groups is 2. The summed E-state index contributed by atoms with van der Waals surface area (Å²) in [5.41, 5.74) is 1.24. The molecule has 1 N–H and O–H groups in total. The van der Waals surface area contributed by atoms with E-state index in [0.717, 1.165) is 34.3 Å². The summed E-state index contributed by atoms with van der Waals surface area (Å²) in [5, 5.41) is 11.6. The van der Waals surface area contributed by atoms with Crippen molar-refractivity contribution in [3.63, 3.8) is 0 Å². The number of piperidine rings is 1. The Morgan fingerprint density at radius 2 is 2.18 bits per heavy atom. The van der Waals surface area contributed by atoms with Crippen LogP contribution in [0.5, 0.6) is 0 Å². The van der Waals surface area contributed by atoms with E-state index in [1.54, 1.807) is 6.92 Å². The average molecular weight is 398 g/mol. The molecule has 3 aromatic rings. The smallest absolute Gasteiger partial charge is 0.261 e. The third-order valence-electron chi connectivity index (χ3n) is 5.14. The molecule has 1 unspecified atom stereocenters. The highest BCUT2D eigenvalue weighted by atomic mass is 32.1. The first-order valence-corrected chi connectivity index (χ1v) is 10.2. The van der Waals surface area contributed by atoms with Gasteiger partial charge >= 0.3 is 0 Å². The van der Waals surface area contributed by atoms with Gasteiger partial charge in [0.25, 0.3) is 5.91 Å². The molecule has 0 spiro atoms. The maximum absolute atomic E-state index is 12.6. The molecule has 146 valence electrons. The molecule has 1 atom stereocenters. The Hall–Kier alpha value is -2.74. The van der Waals surface area contributed by atoms with Crippen LogP contribution in [0.25, 0.3) is 10.1 Å². The van der Waals surface area contributed by atoms with Crippen LogP contribution in [0, 0.1) is 12.8 Å². The predicted octanol–water partition coefficient (Wildman–Crippen LogP) is 2.80. The third kappa shape index (κ3) is 4.06. The van der Waals surface area contributed by atoms with Crippen LogP contribution in [-0.2, 0) is 11.2 Å². The van der Waals surface area contributed by atoms with Crippen molar-refractivity contribution in [3.8, 4) is 0 Å². The van der Waals surface area contributed by atoms with Gasteiger partial charge in [-0.25, -0.2) is 4.63 Å². The summed E-state index contributed by atoms with van der Waals surface area (Å²) in [7, 11) is 0. The van der Waals surface area contributed by atoms with Crippen molar-refractivity contribution in [1.82, 2.24) is 20.5 Å². The fraction of sp³-hybridized carbons (Fsp3) is 0.400. The molecule has 0 radical (unpaired) electrons. The number of rotatable bonds is 5. The summed E-state index contributed by atoms with van der Waals surface area (Å²) < 4.78 is 5.78. The SMILES string of the molecule is Cc1nonc1CC(=O)N1CCCC(CNC(=O)c2cc3ccccc3s2)C1. The predicted molar refractivity (Wildman–Crippen MR) is 106 cm³/mol. The van der Waals surface area contributed by atoms with E-state index in [1.807, 2.05) is 35.2 Å². The van der Waals surface area contributed by atoms with Gasteiger partial charge < -0.3 is 10.2 Å². The summed E-state index contributed by atoms with van der Waals surface area (Å²) in [6.45, 7) is 3.74. The van der Waals surface area contributed by atoms with E-state index in [-0.39, 0.29) is 24.2 Å². The van der Waals surface area contributed by atoms with Crippen molar-refractivity contribution >= 4 is 33.2 Å². The largest absolute Gasteiger partial charge is 0.351 e. The van der Waals surface area contributed by atoms with Crippen molar-refractivity contribution in [2.75, 3.05) is 19.6 Å². The van der Waals surface area contributed by atoms with Gasteiger partial charge in [-0.05, 0) is 43.2 Å². The number of hydrogen-bond acceptors (Lipinski definition) is 6. The van der Waals surface area contributed by atoms with E-state index in [9.17, 15) is 9.59 Å². The topological polar surface area (TPSA) is 88.3 Å². The van der Waals surface area contributed by atoms with E-state index in [2.05, 4.69) is 20.3 Å². The minimum atomic E-state index is -0.0473. The fourth-order valence-electron chi connectivity index (χ4n) is 3.54. The highest BCUT2D eigenvalue weighted by Gasteiger charge is 2.25. The maximum atomic E-state index is 12.6. The first kappa shape index (κ1) is 18.6. The van der Waals surface area contributed by atoms with Crippen molar-refractivity contribution in [1.29, 1.82) is 0 Å². The minimum absolute atomic E-state index is 0.0272. The van der Waals surface area contributed by atoms with Crippen LogP contribution in [0.1, 0.15) is 33.9 Å². The van der Waals surface area contributed by atoms with Gasteiger partial charge in [-0.15, -0.1) is 11.3 Å². The van der Waals surface area contributed by atoms with Crippen LogP contribution in [0.2, 0.25) is 0 Å². The summed E-state index contributed by atoms with van der Waals surface area (Å²) in [6, 6.07) is 9.92. The molecule has 1 aliphatic heterocycles. The molecule has 28 heavy (non-hydrogen) atoms. The second-order valence-corrected chi connectivity index (χ2v) is 8.26. The number of amides is 2. The maximum Gasteiger partial charge on any atom is 0.261 e. The van der Waals surface area contributed by atoms with Gasteiger partial charge in [-0.3, -0.25) is 9.59 Å². The normalized spacial score (nSPS) is 17.0. The number of aryl methyl sites for hydroxylation is 1. The second-order valence-electron chi connectivity index (χ2n) is 7.18. The molecular formula is C20H22N4O3S. The van der Waals surface area contributed by atoms with Crippen LogP contribution in [0.4, 0.5) is 0 Å². The van der Waals surface area contributed by atoms with Crippen LogP contribution in [-0.4, -0.2) is 46.7 Å². The van der Waals surface area contributed by atoms with Crippen LogP contribution in [0.15, 0.2) is 35.0 Å². The number of hydrogen-bond donors (Lipinski definition) is 1. The lowest BCUT2D eigenvalue weighted by Gasteiger charge is -2.32. The Bertz CT molecular complexity index is 963. The number of nitrogens with one attached hydrogen (secondary N) is 1. The van der Waals surface area contributed by atoms with Gasteiger partial charge in [0, 0.05) is 24.3 Å². The lowest BCUT2D eigenvalue weighted by Crippen LogP contribution is -2.44. The summed E-state index contributed by atoms with van der Waals surface area (Å²) in [5.74, 6) is 0.237. The molecule has 3 heterocycles. The number of benzene rings is 1. The fourth-order valence-corrected chi connectivity index (χ4v) is 4.52. The Kier molecular flexibility index (Phi) is 5.38. The van der Waals surface area contributed by atoms with E-state index in [1.165, 1.54) is 11.3 Å². The molecule has 7 nitrogen and oxygen atoms in total. The Morgan fingerprint density at radius 1 is 1.32 bits per heavy atom. The molecule has 0 aliphatic carbocycles. The van der Waals surface area contributed by atoms with Crippen molar-refractivity contribution < 1.29 is 14.2 Å². The molecule has 2 aromatic heterocycles. The summed E-state index contributed by atoms with van der Waals surface area (Å²) >= 11 is 1.50. The zero-order chi connectivity index (χ0) is 19.5. The second kappa shape index (κ2) is 8.10. The van der Waals surface area contributed by atoms with Crippen LogP contribution >= 0.6 is 11.3 Å². The highest BCUT2D eigenvalue weighted by molar-refractivity contribution is 7.20. The average Bonchev–Trinajstić information content (AvgIpc) is 3.32. The molecule has 0 saturated carbocycles. The van der Waals surface area contributed by atoms with Crippen molar-refractivity contribution in [2.24, 2.45) is 5.92 Å². The lowest BCUT2D eigenvalue weighted by molar-refractivity contribution is -0.132. The molecule has 1 aliphatic rings. The molecular weight excluding hydrogens is 376 g/mol. The van der Waals surface area contributed by atoms with Crippen LogP contribution in [0.3, 0.4) is 0 Å². The quantitative estimate of drug-likeness (QED) is 0.714. The molecule has 8 heteroatoms. The van der Waals surface area contributed by atoms with Gasteiger partial charge in [-0.2, -0.15) is 0 Å². The molecule has 4 rings (SSSR count). The zero-order valence-electron chi connectivity index (χ0n) is 15.7. The zero-order valence-corrected chi connectivity index (χ0v) is 16.5.